The summed E-state index contributed by atoms with van der Waals surface area (Å²) in [7, 11) is 0. The monoisotopic (exact) mass is 478 g/mol. The summed E-state index contributed by atoms with van der Waals surface area (Å²) in [5, 5.41) is -0.313. The second kappa shape index (κ2) is 8.99. The lowest BCUT2D eigenvalue weighted by atomic mass is 10.2. The Morgan fingerprint density at radius 1 is 1.09 bits per heavy atom. The standard InChI is InChI=1S/C19H13ClF6N4O2/c20-14-8-11(19(24,25)26)9-27-16(14)30-7-1-2-15(30)17(31)29-28-12-3-5-13(6-4-12)32-10-18(21,22)23/h1-9,28H,10H2,(H,29,31). The molecule has 0 saturated carbocycles. The molecule has 0 radical (unpaired) electrons. The summed E-state index contributed by atoms with van der Waals surface area (Å²) >= 11 is 5.93. The van der Waals surface area contributed by atoms with E-state index in [0.717, 1.165) is 0 Å². The van der Waals surface area contributed by atoms with Crippen LogP contribution in [0.25, 0.3) is 5.82 Å². The second-order valence-corrected chi connectivity index (χ2v) is 6.71. The van der Waals surface area contributed by atoms with Crippen molar-refractivity contribution in [3.63, 3.8) is 0 Å². The van der Waals surface area contributed by atoms with Gasteiger partial charge in [0.05, 0.1) is 16.3 Å². The van der Waals surface area contributed by atoms with Crippen molar-refractivity contribution in [1.29, 1.82) is 0 Å². The van der Waals surface area contributed by atoms with Crippen molar-refractivity contribution in [2.45, 2.75) is 12.4 Å². The van der Waals surface area contributed by atoms with E-state index in [2.05, 4.69) is 20.6 Å². The van der Waals surface area contributed by atoms with Gasteiger partial charge in [0.15, 0.2) is 12.4 Å². The molecule has 0 spiro atoms. The molecule has 0 fully saturated rings. The first-order chi connectivity index (χ1) is 14.9. The highest BCUT2D eigenvalue weighted by Gasteiger charge is 2.32. The fourth-order valence-corrected chi connectivity index (χ4v) is 2.76. The smallest absolute Gasteiger partial charge is 0.422 e. The summed E-state index contributed by atoms with van der Waals surface area (Å²) in [6, 6.07) is 8.85. The lowest BCUT2D eigenvalue weighted by Gasteiger charge is -2.14. The van der Waals surface area contributed by atoms with E-state index in [0.29, 0.717) is 18.0 Å². The number of pyridine rings is 1. The van der Waals surface area contributed by atoms with E-state index in [1.54, 1.807) is 0 Å². The van der Waals surface area contributed by atoms with E-state index in [9.17, 15) is 31.1 Å². The molecule has 170 valence electrons. The number of amides is 1. The van der Waals surface area contributed by atoms with Gasteiger partial charge in [0.1, 0.15) is 11.4 Å². The van der Waals surface area contributed by atoms with Crippen LogP contribution in [0.15, 0.2) is 54.9 Å². The zero-order chi connectivity index (χ0) is 23.5. The number of halogens is 7. The van der Waals surface area contributed by atoms with Gasteiger partial charge in [0.25, 0.3) is 5.91 Å². The Morgan fingerprint density at radius 2 is 1.78 bits per heavy atom. The van der Waals surface area contributed by atoms with Crippen LogP contribution in [0.3, 0.4) is 0 Å². The van der Waals surface area contributed by atoms with E-state index in [4.69, 9.17) is 11.6 Å². The van der Waals surface area contributed by atoms with Gasteiger partial charge in [0.2, 0.25) is 0 Å². The van der Waals surface area contributed by atoms with E-state index in [-0.39, 0.29) is 22.3 Å². The predicted octanol–water partition coefficient (Wildman–Crippen LogP) is 5.24. The van der Waals surface area contributed by atoms with E-state index in [1.165, 1.54) is 47.2 Å². The molecule has 32 heavy (non-hydrogen) atoms. The Bertz CT molecular complexity index is 1100. The SMILES string of the molecule is O=C(NNc1ccc(OCC(F)(F)F)cc1)c1cccn1-c1ncc(C(F)(F)F)cc1Cl. The molecule has 2 N–H and O–H groups in total. The fraction of sp³-hybridized carbons (Fsp3) is 0.158. The van der Waals surface area contributed by atoms with Crippen LogP contribution in [-0.2, 0) is 6.18 Å². The van der Waals surface area contributed by atoms with Crippen LogP contribution in [0, 0.1) is 0 Å². The molecule has 0 aliphatic carbocycles. The lowest BCUT2D eigenvalue weighted by Crippen LogP contribution is -2.31. The Kier molecular flexibility index (Phi) is 6.53. The minimum Gasteiger partial charge on any atom is -0.484 e. The summed E-state index contributed by atoms with van der Waals surface area (Å²) in [6.07, 6.45) is -7.10. The summed E-state index contributed by atoms with van der Waals surface area (Å²) in [4.78, 5) is 16.2. The van der Waals surface area contributed by atoms with E-state index >= 15 is 0 Å². The maximum absolute atomic E-state index is 12.8. The predicted molar refractivity (Wildman–Crippen MR) is 103 cm³/mol. The largest absolute Gasteiger partial charge is 0.484 e. The minimum absolute atomic E-state index is 0.0109. The third-order valence-corrected chi connectivity index (χ3v) is 4.21. The average molecular weight is 479 g/mol. The number of nitrogens with one attached hydrogen (secondary N) is 2. The van der Waals surface area contributed by atoms with Gasteiger partial charge in [-0.05, 0) is 42.5 Å². The summed E-state index contributed by atoms with van der Waals surface area (Å²) in [6.45, 7) is -1.44. The molecule has 3 aromatic rings. The molecular weight excluding hydrogens is 466 g/mol. The number of anilines is 1. The highest BCUT2D eigenvalue weighted by molar-refractivity contribution is 6.32. The molecule has 0 aliphatic rings. The number of benzene rings is 1. The Balaban J connectivity index is 1.67. The highest BCUT2D eigenvalue weighted by atomic mass is 35.5. The molecule has 1 aromatic carbocycles. The molecule has 2 heterocycles. The molecule has 0 atom stereocenters. The average Bonchev–Trinajstić information content (AvgIpc) is 3.19. The normalized spacial score (nSPS) is 11.8. The molecule has 0 unspecified atom stereocenters. The number of hydrogen-bond donors (Lipinski definition) is 2. The second-order valence-electron chi connectivity index (χ2n) is 6.30. The van der Waals surface area contributed by atoms with Gasteiger partial charge in [0, 0.05) is 12.4 Å². The number of hydrogen-bond acceptors (Lipinski definition) is 4. The van der Waals surface area contributed by atoms with E-state index in [1.807, 2.05) is 0 Å². The van der Waals surface area contributed by atoms with Crippen LogP contribution >= 0.6 is 11.6 Å². The Hall–Kier alpha value is -3.41. The zero-order valence-corrected chi connectivity index (χ0v) is 16.5. The topological polar surface area (TPSA) is 68.2 Å². The van der Waals surface area contributed by atoms with Crippen LogP contribution in [0.1, 0.15) is 16.1 Å². The molecular formula is C19H13ClF6N4O2. The van der Waals surface area contributed by atoms with Crippen LogP contribution in [0.4, 0.5) is 32.0 Å². The number of nitrogens with zero attached hydrogens (tertiary/aromatic N) is 2. The fourth-order valence-electron chi connectivity index (χ4n) is 2.51. The summed E-state index contributed by atoms with van der Waals surface area (Å²) < 4.78 is 80.7. The van der Waals surface area contributed by atoms with Gasteiger partial charge < -0.3 is 4.74 Å². The number of rotatable bonds is 6. The molecule has 2 aromatic heterocycles. The van der Waals surface area contributed by atoms with Gasteiger partial charge >= 0.3 is 12.4 Å². The summed E-state index contributed by atoms with van der Waals surface area (Å²) in [5.41, 5.74) is 4.23. The van der Waals surface area contributed by atoms with Gasteiger partial charge in [-0.25, -0.2) is 4.98 Å². The van der Waals surface area contributed by atoms with Crippen molar-refractivity contribution >= 4 is 23.2 Å². The number of hydrazine groups is 1. The quantitative estimate of drug-likeness (QED) is 0.375. The first-order valence-electron chi connectivity index (χ1n) is 8.70. The maximum Gasteiger partial charge on any atom is 0.422 e. The van der Waals surface area contributed by atoms with Gasteiger partial charge in [-0.1, -0.05) is 11.6 Å². The highest BCUT2D eigenvalue weighted by Crippen LogP contribution is 2.32. The van der Waals surface area contributed by atoms with Crippen molar-refractivity contribution in [2.24, 2.45) is 0 Å². The van der Waals surface area contributed by atoms with Crippen LogP contribution in [0.2, 0.25) is 5.02 Å². The number of alkyl halides is 6. The van der Waals surface area contributed by atoms with Crippen molar-refractivity contribution in [2.75, 3.05) is 12.0 Å². The van der Waals surface area contributed by atoms with Crippen LogP contribution in [-0.4, -0.2) is 28.2 Å². The van der Waals surface area contributed by atoms with Gasteiger partial charge in [-0.3, -0.25) is 20.2 Å². The number of carbonyl (C=O) groups excluding carboxylic acids is 1. The van der Waals surface area contributed by atoms with E-state index < -0.39 is 30.4 Å². The maximum atomic E-state index is 12.8. The van der Waals surface area contributed by atoms with Gasteiger partial charge in [-0.2, -0.15) is 26.3 Å². The third kappa shape index (κ3) is 5.84. The van der Waals surface area contributed by atoms with Crippen molar-refractivity contribution in [1.82, 2.24) is 15.0 Å². The minimum atomic E-state index is -4.62. The van der Waals surface area contributed by atoms with Crippen LogP contribution in [0.5, 0.6) is 5.75 Å². The van der Waals surface area contributed by atoms with Gasteiger partial charge in [-0.15, -0.1) is 0 Å². The Morgan fingerprint density at radius 3 is 2.38 bits per heavy atom. The van der Waals surface area contributed by atoms with Crippen molar-refractivity contribution < 1.29 is 35.9 Å². The van der Waals surface area contributed by atoms with Crippen molar-refractivity contribution in [3.05, 3.63) is 71.1 Å². The first-order valence-corrected chi connectivity index (χ1v) is 9.08. The number of aromatic nitrogens is 2. The lowest BCUT2D eigenvalue weighted by molar-refractivity contribution is -0.153. The van der Waals surface area contributed by atoms with Crippen molar-refractivity contribution in [3.8, 4) is 11.6 Å². The Labute approximate surface area is 181 Å². The molecule has 6 nitrogen and oxygen atoms in total. The molecule has 13 heteroatoms. The first kappa shape index (κ1) is 23.3. The molecule has 1 amide bonds. The zero-order valence-electron chi connectivity index (χ0n) is 15.8. The molecule has 0 saturated heterocycles. The number of ether oxygens (including phenoxy) is 1. The molecule has 0 bridgehead atoms. The number of carbonyl (C=O) groups is 1. The third-order valence-electron chi connectivity index (χ3n) is 3.94. The molecule has 0 aliphatic heterocycles. The molecule has 3 rings (SSSR count). The summed E-state index contributed by atoms with van der Waals surface area (Å²) in [5.74, 6) is -0.776. The van der Waals surface area contributed by atoms with Crippen LogP contribution < -0.4 is 15.6 Å².